The molecule has 1 aromatic heterocycles. The summed E-state index contributed by atoms with van der Waals surface area (Å²) >= 11 is 0. The number of fused-ring (bicyclic) bond motifs is 1. The molecule has 0 atom stereocenters. The Morgan fingerprint density at radius 1 is 1.19 bits per heavy atom. The smallest absolute Gasteiger partial charge is 0.258 e. The van der Waals surface area contributed by atoms with Gasteiger partial charge in [-0.1, -0.05) is 24.3 Å². The second kappa shape index (κ2) is 7.74. The van der Waals surface area contributed by atoms with Gasteiger partial charge < -0.3 is 9.88 Å². The number of H-pyrrole nitrogens is 1. The van der Waals surface area contributed by atoms with Gasteiger partial charge in [-0.25, -0.2) is 9.37 Å². The number of hydrogen-bond donors (Lipinski definition) is 1. The first-order valence-corrected chi connectivity index (χ1v) is 8.27. The number of rotatable bonds is 5. The van der Waals surface area contributed by atoms with Gasteiger partial charge in [-0.15, -0.1) is 0 Å². The van der Waals surface area contributed by atoms with E-state index in [-0.39, 0.29) is 23.8 Å². The zero-order valence-corrected chi connectivity index (χ0v) is 14.3. The van der Waals surface area contributed by atoms with Crippen LogP contribution in [0, 0.1) is 5.82 Å². The molecule has 0 spiro atoms. The van der Waals surface area contributed by atoms with Crippen LogP contribution in [0.15, 0.2) is 59.4 Å². The van der Waals surface area contributed by atoms with Gasteiger partial charge in [0.2, 0.25) is 5.91 Å². The van der Waals surface area contributed by atoms with Crippen LogP contribution in [0.4, 0.5) is 4.39 Å². The fourth-order valence-corrected chi connectivity index (χ4v) is 2.58. The average molecular weight is 351 g/mol. The van der Waals surface area contributed by atoms with Crippen LogP contribution in [0.3, 0.4) is 0 Å². The second-order valence-corrected chi connectivity index (χ2v) is 5.77. The molecule has 1 heterocycles. The highest BCUT2D eigenvalue weighted by Crippen LogP contribution is 2.09. The number of aromatic nitrogens is 2. The summed E-state index contributed by atoms with van der Waals surface area (Å²) in [5, 5.41) is 0.516. The Kier molecular flexibility index (Phi) is 5.22. The normalized spacial score (nSPS) is 11.2. The number of nitrogens with one attached hydrogen (secondary N) is 1. The molecule has 132 valence electrons. The fourth-order valence-electron chi connectivity index (χ4n) is 2.58. The zero-order chi connectivity index (χ0) is 18.5. The minimum absolute atomic E-state index is 0.198. The van der Waals surface area contributed by atoms with Crippen molar-refractivity contribution in [2.45, 2.75) is 13.5 Å². The van der Waals surface area contributed by atoms with Gasteiger partial charge >= 0.3 is 0 Å². The molecule has 0 fully saturated rings. The standard InChI is InChI=1S/C20H18FN3O2/c1-2-24(19(25)12-9-14-7-10-15(21)11-8-14)13-18-22-17-6-4-3-5-16(17)20(26)23-18/h3-12H,2,13H2,1H3,(H,22,23,26)/b12-9+. The number of hydrogen-bond acceptors (Lipinski definition) is 3. The van der Waals surface area contributed by atoms with E-state index in [9.17, 15) is 14.0 Å². The average Bonchev–Trinajstić information content (AvgIpc) is 2.65. The molecule has 0 unspecified atom stereocenters. The molecule has 6 heteroatoms. The lowest BCUT2D eigenvalue weighted by Gasteiger charge is -2.18. The van der Waals surface area contributed by atoms with Gasteiger partial charge in [0.05, 0.1) is 17.4 Å². The number of likely N-dealkylation sites (N-methyl/N-ethyl adjacent to an activating group) is 1. The first-order valence-electron chi connectivity index (χ1n) is 8.27. The Hall–Kier alpha value is -3.28. The maximum Gasteiger partial charge on any atom is 0.258 e. The number of amides is 1. The molecular formula is C20H18FN3O2. The number of benzene rings is 2. The highest BCUT2D eigenvalue weighted by molar-refractivity contribution is 5.91. The first kappa shape index (κ1) is 17.5. The summed E-state index contributed by atoms with van der Waals surface area (Å²) in [6.45, 7) is 2.51. The largest absolute Gasteiger partial charge is 0.332 e. The third-order valence-corrected chi connectivity index (χ3v) is 3.98. The van der Waals surface area contributed by atoms with Crippen molar-refractivity contribution >= 4 is 22.9 Å². The van der Waals surface area contributed by atoms with Crippen LogP contribution in [0.2, 0.25) is 0 Å². The predicted molar refractivity (Wildman–Crippen MR) is 98.9 cm³/mol. The minimum Gasteiger partial charge on any atom is -0.332 e. The summed E-state index contributed by atoms with van der Waals surface area (Å²) in [5.41, 5.74) is 1.10. The van der Waals surface area contributed by atoms with Crippen LogP contribution >= 0.6 is 0 Å². The quantitative estimate of drug-likeness (QED) is 0.718. The molecule has 0 aliphatic heterocycles. The van der Waals surface area contributed by atoms with Crippen molar-refractivity contribution < 1.29 is 9.18 Å². The summed E-state index contributed by atoms with van der Waals surface area (Å²) in [6.07, 6.45) is 3.05. The van der Waals surface area contributed by atoms with E-state index in [2.05, 4.69) is 9.97 Å². The van der Waals surface area contributed by atoms with E-state index in [0.717, 1.165) is 5.56 Å². The molecule has 0 saturated heterocycles. The van der Waals surface area contributed by atoms with Gasteiger partial charge in [-0.2, -0.15) is 0 Å². The number of carbonyl (C=O) groups is 1. The molecule has 26 heavy (non-hydrogen) atoms. The van der Waals surface area contributed by atoms with Gasteiger partial charge in [0, 0.05) is 12.6 Å². The van der Waals surface area contributed by atoms with E-state index in [1.807, 2.05) is 13.0 Å². The predicted octanol–water partition coefficient (Wildman–Crippen LogP) is 3.12. The van der Waals surface area contributed by atoms with Gasteiger partial charge in [0.15, 0.2) is 0 Å². The second-order valence-electron chi connectivity index (χ2n) is 5.77. The van der Waals surface area contributed by atoms with Gasteiger partial charge in [0.25, 0.3) is 5.56 Å². The molecule has 2 aromatic carbocycles. The minimum atomic E-state index is -0.324. The molecule has 1 N–H and O–H groups in total. The van der Waals surface area contributed by atoms with Crippen LogP contribution in [0.25, 0.3) is 17.0 Å². The van der Waals surface area contributed by atoms with Crippen LogP contribution in [-0.4, -0.2) is 27.3 Å². The van der Waals surface area contributed by atoms with Crippen LogP contribution in [0.5, 0.6) is 0 Å². The molecule has 0 bridgehead atoms. The monoisotopic (exact) mass is 351 g/mol. The van der Waals surface area contributed by atoms with E-state index >= 15 is 0 Å². The van der Waals surface area contributed by atoms with E-state index in [4.69, 9.17) is 0 Å². The SMILES string of the molecule is CCN(Cc1nc2ccccc2c(=O)[nH]1)C(=O)/C=C/c1ccc(F)cc1. The van der Waals surface area contributed by atoms with E-state index < -0.39 is 0 Å². The highest BCUT2D eigenvalue weighted by atomic mass is 19.1. The van der Waals surface area contributed by atoms with Crippen molar-refractivity contribution in [2.24, 2.45) is 0 Å². The first-order chi connectivity index (χ1) is 12.6. The molecule has 0 saturated carbocycles. The van der Waals surface area contributed by atoms with Crippen molar-refractivity contribution in [3.63, 3.8) is 0 Å². The molecule has 3 rings (SSSR count). The molecule has 0 radical (unpaired) electrons. The number of nitrogens with zero attached hydrogens (tertiary/aromatic N) is 2. The lowest BCUT2D eigenvalue weighted by molar-refractivity contribution is -0.126. The fraction of sp³-hybridized carbons (Fsp3) is 0.150. The maximum absolute atomic E-state index is 12.9. The topological polar surface area (TPSA) is 66.1 Å². The molecular weight excluding hydrogens is 333 g/mol. The van der Waals surface area contributed by atoms with Crippen molar-refractivity contribution in [1.29, 1.82) is 0 Å². The van der Waals surface area contributed by atoms with E-state index in [1.165, 1.54) is 18.2 Å². The van der Waals surface area contributed by atoms with Crippen molar-refractivity contribution in [3.8, 4) is 0 Å². The lowest BCUT2D eigenvalue weighted by Crippen LogP contribution is -2.30. The van der Waals surface area contributed by atoms with Gasteiger partial charge in [-0.3, -0.25) is 9.59 Å². The molecule has 0 aliphatic rings. The van der Waals surface area contributed by atoms with Crippen molar-refractivity contribution in [1.82, 2.24) is 14.9 Å². The molecule has 5 nitrogen and oxygen atoms in total. The van der Waals surface area contributed by atoms with Gasteiger partial charge in [0.1, 0.15) is 11.6 Å². The maximum atomic E-state index is 12.9. The summed E-state index contributed by atoms with van der Waals surface area (Å²) in [4.78, 5) is 33.3. The molecule has 1 amide bonds. The van der Waals surface area contributed by atoms with Crippen LogP contribution in [-0.2, 0) is 11.3 Å². The Balaban J connectivity index is 1.77. The van der Waals surface area contributed by atoms with E-state index in [1.54, 1.807) is 41.3 Å². The van der Waals surface area contributed by atoms with E-state index in [0.29, 0.717) is 23.3 Å². The third-order valence-electron chi connectivity index (χ3n) is 3.98. The Labute approximate surface area is 149 Å². The van der Waals surface area contributed by atoms with Crippen molar-refractivity contribution in [2.75, 3.05) is 6.54 Å². The van der Waals surface area contributed by atoms with Crippen molar-refractivity contribution in [3.05, 3.63) is 82.2 Å². The highest BCUT2D eigenvalue weighted by Gasteiger charge is 2.12. The zero-order valence-electron chi connectivity index (χ0n) is 14.3. The Morgan fingerprint density at radius 3 is 2.65 bits per heavy atom. The number of aromatic amines is 1. The number of halogens is 1. The Bertz CT molecular complexity index is 1010. The van der Waals surface area contributed by atoms with Crippen LogP contribution < -0.4 is 5.56 Å². The summed E-state index contributed by atoms with van der Waals surface area (Å²) in [5.74, 6) is -0.110. The summed E-state index contributed by atoms with van der Waals surface area (Å²) < 4.78 is 12.9. The number of para-hydroxylation sites is 1. The molecule has 3 aromatic rings. The molecule has 0 aliphatic carbocycles. The summed E-state index contributed by atoms with van der Waals surface area (Å²) in [7, 11) is 0. The van der Waals surface area contributed by atoms with Crippen LogP contribution in [0.1, 0.15) is 18.3 Å². The lowest BCUT2D eigenvalue weighted by atomic mass is 10.2. The Morgan fingerprint density at radius 2 is 1.92 bits per heavy atom. The number of carbonyl (C=O) groups excluding carboxylic acids is 1. The van der Waals surface area contributed by atoms with Gasteiger partial charge in [-0.05, 0) is 42.8 Å². The third kappa shape index (κ3) is 4.03. The summed E-state index contributed by atoms with van der Waals surface area (Å²) in [6, 6.07) is 12.9.